The highest BCUT2D eigenvalue weighted by molar-refractivity contribution is 5.82. The van der Waals surface area contributed by atoms with Gasteiger partial charge < -0.3 is 19.4 Å². The van der Waals surface area contributed by atoms with Crippen molar-refractivity contribution in [3.8, 4) is 0 Å². The number of benzene rings is 1. The summed E-state index contributed by atoms with van der Waals surface area (Å²) < 4.78 is 6.78. The minimum Gasteiger partial charge on any atom is -0.467 e. The summed E-state index contributed by atoms with van der Waals surface area (Å²) in [5.41, 5.74) is 0.618. The first-order valence-corrected chi connectivity index (χ1v) is 7.21. The molecule has 3 rings (SSSR count). The number of hydrogen-bond acceptors (Lipinski definition) is 4. The third kappa shape index (κ3) is 3.32. The molecule has 0 aliphatic rings. The molecule has 0 saturated carbocycles. The molecule has 0 spiro atoms. The molecule has 1 atom stereocenters. The van der Waals surface area contributed by atoms with Gasteiger partial charge in [-0.1, -0.05) is 12.1 Å². The Balaban J connectivity index is 1.69. The maximum atomic E-state index is 12.1. The van der Waals surface area contributed by atoms with Crippen molar-refractivity contribution in [2.24, 2.45) is 0 Å². The molecule has 2 aromatic heterocycles. The van der Waals surface area contributed by atoms with Gasteiger partial charge in [-0.15, -0.1) is 0 Å². The van der Waals surface area contributed by atoms with Crippen LogP contribution in [0.5, 0.6) is 0 Å². The summed E-state index contributed by atoms with van der Waals surface area (Å²) in [5.74, 6) is 0.142. The number of furan rings is 1. The first-order chi connectivity index (χ1) is 11.1. The second-order valence-corrected chi connectivity index (χ2v) is 5.16. The van der Waals surface area contributed by atoms with Crippen LogP contribution in [0.25, 0.3) is 10.9 Å². The van der Waals surface area contributed by atoms with Crippen LogP contribution in [0.3, 0.4) is 0 Å². The number of rotatable bonds is 5. The summed E-state index contributed by atoms with van der Waals surface area (Å²) in [6.07, 6.45) is 2.17. The Morgan fingerprint density at radius 1 is 1.22 bits per heavy atom. The smallest absolute Gasteiger partial charge is 0.240 e. The number of para-hydroxylation sites is 1. The quantitative estimate of drug-likeness (QED) is 0.747. The highest BCUT2D eigenvalue weighted by Crippen LogP contribution is 2.12. The Hall–Kier alpha value is -2.86. The van der Waals surface area contributed by atoms with Crippen LogP contribution < -0.4 is 10.7 Å². The van der Waals surface area contributed by atoms with Gasteiger partial charge in [0.1, 0.15) is 18.4 Å². The predicted octanol–water partition coefficient (Wildman–Crippen LogP) is 1.44. The molecular weight excluding hydrogens is 296 g/mol. The summed E-state index contributed by atoms with van der Waals surface area (Å²) in [5, 5.41) is 13.1. The van der Waals surface area contributed by atoms with Gasteiger partial charge in [-0.2, -0.15) is 0 Å². The van der Waals surface area contributed by atoms with E-state index in [9.17, 15) is 14.7 Å². The summed E-state index contributed by atoms with van der Waals surface area (Å²) >= 11 is 0. The Labute approximate surface area is 132 Å². The first kappa shape index (κ1) is 15.1. The molecule has 1 amide bonds. The molecular formula is C17H16N2O4. The topological polar surface area (TPSA) is 84.5 Å². The molecule has 0 saturated heterocycles. The lowest BCUT2D eigenvalue weighted by molar-refractivity contribution is -0.122. The van der Waals surface area contributed by atoms with Gasteiger partial charge in [0.2, 0.25) is 5.91 Å². The Morgan fingerprint density at radius 2 is 2.04 bits per heavy atom. The van der Waals surface area contributed by atoms with E-state index in [0.29, 0.717) is 16.7 Å². The van der Waals surface area contributed by atoms with E-state index in [1.165, 1.54) is 12.3 Å². The Morgan fingerprint density at radius 3 is 2.83 bits per heavy atom. The van der Waals surface area contributed by atoms with Crippen molar-refractivity contribution < 1.29 is 14.3 Å². The number of nitrogens with zero attached hydrogens (tertiary/aromatic N) is 1. The third-order valence-electron chi connectivity index (χ3n) is 3.56. The number of hydrogen-bond donors (Lipinski definition) is 2. The van der Waals surface area contributed by atoms with Crippen LogP contribution in [-0.2, 0) is 11.3 Å². The molecule has 1 unspecified atom stereocenters. The number of amides is 1. The van der Waals surface area contributed by atoms with Crippen molar-refractivity contribution in [1.29, 1.82) is 0 Å². The molecule has 2 N–H and O–H groups in total. The molecule has 6 heteroatoms. The standard InChI is InChI=1S/C17H16N2O4/c20-14-7-8-19(13-5-2-1-4-12(13)14)11-17(22)18-10-15(21)16-6-3-9-23-16/h1-9,15,21H,10-11H2,(H,18,22). The number of nitrogens with one attached hydrogen (secondary N) is 1. The second kappa shape index (κ2) is 6.50. The van der Waals surface area contributed by atoms with Gasteiger partial charge in [0.15, 0.2) is 5.43 Å². The summed E-state index contributed by atoms with van der Waals surface area (Å²) in [4.78, 5) is 23.9. The number of carbonyl (C=O) groups excluding carboxylic acids is 1. The number of fused-ring (bicyclic) bond motifs is 1. The molecule has 3 aromatic rings. The van der Waals surface area contributed by atoms with E-state index >= 15 is 0 Å². The molecule has 0 bridgehead atoms. The number of pyridine rings is 1. The fourth-order valence-electron chi connectivity index (χ4n) is 2.40. The van der Waals surface area contributed by atoms with E-state index in [4.69, 9.17) is 4.42 Å². The van der Waals surface area contributed by atoms with E-state index < -0.39 is 6.10 Å². The monoisotopic (exact) mass is 312 g/mol. The zero-order chi connectivity index (χ0) is 16.2. The van der Waals surface area contributed by atoms with Crippen molar-refractivity contribution in [3.05, 3.63) is 70.9 Å². The average Bonchev–Trinajstić information content (AvgIpc) is 3.10. The van der Waals surface area contributed by atoms with Crippen LogP contribution >= 0.6 is 0 Å². The maximum Gasteiger partial charge on any atom is 0.240 e. The summed E-state index contributed by atoms with van der Waals surface area (Å²) in [6, 6.07) is 11.9. The number of aliphatic hydroxyl groups excluding tert-OH is 1. The van der Waals surface area contributed by atoms with Crippen LogP contribution in [0.4, 0.5) is 0 Å². The first-order valence-electron chi connectivity index (χ1n) is 7.21. The fourth-order valence-corrected chi connectivity index (χ4v) is 2.40. The highest BCUT2D eigenvalue weighted by Gasteiger charge is 2.12. The number of carbonyl (C=O) groups is 1. The van der Waals surface area contributed by atoms with Gasteiger partial charge in [-0.05, 0) is 24.3 Å². The van der Waals surface area contributed by atoms with Crippen molar-refractivity contribution in [2.45, 2.75) is 12.6 Å². The van der Waals surface area contributed by atoms with Gasteiger partial charge in [0.05, 0.1) is 18.3 Å². The molecule has 1 aromatic carbocycles. The number of aliphatic hydroxyl groups is 1. The average molecular weight is 312 g/mol. The summed E-state index contributed by atoms with van der Waals surface area (Å²) in [7, 11) is 0. The van der Waals surface area contributed by atoms with Crippen LogP contribution in [0.15, 0.2) is 64.1 Å². The zero-order valence-corrected chi connectivity index (χ0v) is 12.3. The van der Waals surface area contributed by atoms with Crippen molar-refractivity contribution in [2.75, 3.05) is 6.54 Å². The van der Waals surface area contributed by atoms with Crippen LogP contribution in [0.1, 0.15) is 11.9 Å². The molecule has 6 nitrogen and oxygen atoms in total. The van der Waals surface area contributed by atoms with Crippen molar-refractivity contribution >= 4 is 16.8 Å². The van der Waals surface area contributed by atoms with E-state index in [2.05, 4.69) is 5.32 Å². The van der Waals surface area contributed by atoms with Crippen molar-refractivity contribution in [3.63, 3.8) is 0 Å². The van der Waals surface area contributed by atoms with Gasteiger partial charge in [0, 0.05) is 17.6 Å². The van der Waals surface area contributed by atoms with Gasteiger partial charge in [-0.3, -0.25) is 9.59 Å². The lowest BCUT2D eigenvalue weighted by Crippen LogP contribution is -2.31. The largest absolute Gasteiger partial charge is 0.467 e. The fraction of sp³-hybridized carbons (Fsp3) is 0.176. The van der Waals surface area contributed by atoms with E-state index in [1.807, 2.05) is 6.07 Å². The third-order valence-corrected chi connectivity index (χ3v) is 3.56. The maximum absolute atomic E-state index is 12.1. The van der Waals surface area contributed by atoms with Crippen LogP contribution in [0, 0.1) is 0 Å². The molecule has 118 valence electrons. The van der Waals surface area contributed by atoms with E-state index in [0.717, 1.165) is 0 Å². The lowest BCUT2D eigenvalue weighted by atomic mass is 10.2. The van der Waals surface area contributed by atoms with Crippen molar-refractivity contribution in [1.82, 2.24) is 9.88 Å². The van der Waals surface area contributed by atoms with Crippen LogP contribution in [0.2, 0.25) is 0 Å². The molecule has 2 heterocycles. The van der Waals surface area contributed by atoms with E-state index in [-0.39, 0.29) is 24.4 Å². The minimum atomic E-state index is -0.889. The molecule has 0 radical (unpaired) electrons. The Bertz CT molecular complexity index is 868. The molecule has 0 aliphatic carbocycles. The minimum absolute atomic E-state index is 0.0600. The Kier molecular flexibility index (Phi) is 4.25. The summed E-state index contributed by atoms with van der Waals surface area (Å²) in [6.45, 7) is 0.121. The van der Waals surface area contributed by atoms with Gasteiger partial charge >= 0.3 is 0 Å². The predicted molar refractivity (Wildman–Crippen MR) is 84.9 cm³/mol. The number of aromatic nitrogens is 1. The lowest BCUT2D eigenvalue weighted by Gasteiger charge is -2.12. The van der Waals surface area contributed by atoms with Gasteiger partial charge in [-0.25, -0.2) is 0 Å². The molecule has 0 aliphatic heterocycles. The van der Waals surface area contributed by atoms with Crippen LogP contribution in [-0.4, -0.2) is 22.1 Å². The SMILES string of the molecule is O=C(Cn1ccc(=O)c2ccccc21)NCC(O)c1ccco1. The zero-order valence-electron chi connectivity index (χ0n) is 12.3. The highest BCUT2D eigenvalue weighted by atomic mass is 16.4. The second-order valence-electron chi connectivity index (χ2n) is 5.16. The molecule has 0 fully saturated rings. The molecule has 23 heavy (non-hydrogen) atoms. The van der Waals surface area contributed by atoms with Gasteiger partial charge in [0.25, 0.3) is 0 Å². The normalized spacial score (nSPS) is 12.2. The van der Waals surface area contributed by atoms with E-state index in [1.54, 1.807) is 41.1 Å².